The minimum atomic E-state index is -0.536. The first-order chi connectivity index (χ1) is 16.4. The molecule has 2 aliphatic heterocycles. The van der Waals surface area contributed by atoms with E-state index in [2.05, 4.69) is 0 Å². The second-order valence-electron chi connectivity index (χ2n) is 9.80. The Bertz CT molecular complexity index is 1030. The van der Waals surface area contributed by atoms with E-state index in [1.54, 1.807) is 6.07 Å². The number of likely N-dealkylation sites (tertiary alicyclic amines) is 1. The lowest BCUT2D eigenvalue weighted by atomic mass is 9.87. The highest BCUT2D eigenvalue weighted by Crippen LogP contribution is 2.38. The van der Waals surface area contributed by atoms with Gasteiger partial charge in [-0.3, -0.25) is 9.59 Å². The summed E-state index contributed by atoms with van der Waals surface area (Å²) in [4.78, 5) is 29.9. The molecule has 4 rings (SSSR count). The number of carbonyl (C=O) groups excluding carboxylic acids is 2. The quantitative estimate of drug-likeness (QED) is 0.569. The van der Waals surface area contributed by atoms with Crippen LogP contribution in [-0.2, 0) is 16.0 Å². The van der Waals surface area contributed by atoms with Gasteiger partial charge in [-0.1, -0.05) is 39.0 Å². The Hall–Kier alpha value is -2.89. The van der Waals surface area contributed by atoms with Gasteiger partial charge in [-0.15, -0.1) is 0 Å². The van der Waals surface area contributed by atoms with Gasteiger partial charge in [0.1, 0.15) is 11.6 Å². The van der Waals surface area contributed by atoms with Gasteiger partial charge in [0.15, 0.2) is 6.10 Å². The van der Waals surface area contributed by atoms with E-state index in [1.807, 2.05) is 54.8 Å². The number of carbonyl (C=O) groups is 2. The zero-order valence-electron chi connectivity index (χ0n) is 20.4. The van der Waals surface area contributed by atoms with E-state index in [-0.39, 0.29) is 29.6 Å². The van der Waals surface area contributed by atoms with Crippen molar-refractivity contribution in [3.8, 4) is 5.75 Å². The molecule has 0 aliphatic carbocycles. The summed E-state index contributed by atoms with van der Waals surface area (Å²) in [7, 11) is 0. The molecular formula is C28H35FN2O3. The smallest absolute Gasteiger partial charge is 0.263 e. The third-order valence-electron chi connectivity index (χ3n) is 6.76. The zero-order chi connectivity index (χ0) is 24.2. The van der Waals surface area contributed by atoms with Crippen molar-refractivity contribution in [3.63, 3.8) is 0 Å². The second kappa shape index (κ2) is 10.6. The third kappa shape index (κ3) is 5.26. The Morgan fingerprint density at radius 3 is 2.53 bits per heavy atom. The van der Waals surface area contributed by atoms with Crippen LogP contribution in [0.15, 0.2) is 42.5 Å². The number of ether oxygens (including phenoxy) is 1. The molecule has 5 nitrogen and oxygen atoms in total. The topological polar surface area (TPSA) is 49.9 Å². The van der Waals surface area contributed by atoms with Gasteiger partial charge in [-0.05, 0) is 72.6 Å². The Balaban J connectivity index is 1.67. The summed E-state index contributed by atoms with van der Waals surface area (Å²) >= 11 is 0. The van der Waals surface area contributed by atoms with Gasteiger partial charge in [-0.2, -0.15) is 0 Å². The SMILES string of the molecule is CC[C@H](Oc1ccc2c(c1)[C@@H](c1cccc(F)c1)N(C(=O)CC(C)C)CC2)C(=O)N1CCCC1. The molecule has 2 heterocycles. The number of amides is 2. The van der Waals surface area contributed by atoms with Crippen molar-refractivity contribution in [1.29, 1.82) is 0 Å². The van der Waals surface area contributed by atoms with E-state index >= 15 is 0 Å². The van der Waals surface area contributed by atoms with E-state index in [0.29, 0.717) is 25.1 Å². The first-order valence-corrected chi connectivity index (χ1v) is 12.5. The number of benzene rings is 2. The minimum Gasteiger partial charge on any atom is -0.481 e. The Morgan fingerprint density at radius 2 is 1.85 bits per heavy atom. The maximum Gasteiger partial charge on any atom is 0.263 e. The monoisotopic (exact) mass is 466 g/mol. The molecule has 2 amide bonds. The largest absolute Gasteiger partial charge is 0.481 e. The number of hydrogen-bond donors (Lipinski definition) is 0. The molecule has 0 radical (unpaired) electrons. The van der Waals surface area contributed by atoms with E-state index in [0.717, 1.165) is 49.0 Å². The summed E-state index contributed by atoms with van der Waals surface area (Å²) in [6, 6.07) is 12.0. The number of halogens is 1. The molecule has 1 saturated heterocycles. The molecule has 2 aromatic rings. The molecule has 0 unspecified atom stereocenters. The first-order valence-electron chi connectivity index (χ1n) is 12.5. The van der Waals surface area contributed by atoms with E-state index < -0.39 is 6.10 Å². The Labute approximate surface area is 201 Å². The van der Waals surface area contributed by atoms with Gasteiger partial charge < -0.3 is 14.5 Å². The summed E-state index contributed by atoms with van der Waals surface area (Å²) in [6.45, 7) is 8.18. The van der Waals surface area contributed by atoms with E-state index in [4.69, 9.17) is 4.74 Å². The summed E-state index contributed by atoms with van der Waals surface area (Å²) in [5, 5.41) is 0. The number of rotatable bonds is 7. The van der Waals surface area contributed by atoms with Crippen LogP contribution in [0, 0.1) is 11.7 Å². The van der Waals surface area contributed by atoms with Crippen molar-refractivity contribution >= 4 is 11.8 Å². The molecule has 0 spiro atoms. The van der Waals surface area contributed by atoms with Crippen molar-refractivity contribution in [2.24, 2.45) is 5.92 Å². The molecule has 2 atom stereocenters. The normalized spacial score (nSPS) is 18.7. The van der Waals surface area contributed by atoms with Crippen molar-refractivity contribution in [2.75, 3.05) is 19.6 Å². The van der Waals surface area contributed by atoms with Crippen molar-refractivity contribution in [3.05, 3.63) is 65.0 Å². The van der Waals surface area contributed by atoms with Crippen LogP contribution in [-0.4, -0.2) is 47.4 Å². The molecule has 1 fully saturated rings. The highest BCUT2D eigenvalue weighted by Gasteiger charge is 2.33. The average molecular weight is 467 g/mol. The summed E-state index contributed by atoms with van der Waals surface area (Å²) in [6.07, 6.45) is 3.30. The minimum absolute atomic E-state index is 0.0353. The molecule has 2 aromatic carbocycles. The molecule has 0 aromatic heterocycles. The summed E-state index contributed by atoms with van der Waals surface area (Å²) in [5.74, 6) is 0.622. The molecule has 182 valence electrons. The number of nitrogens with zero attached hydrogens (tertiary/aromatic N) is 2. The van der Waals surface area contributed by atoms with Gasteiger partial charge in [-0.25, -0.2) is 4.39 Å². The van der Waals surface area contributed by atoms with Gasteiger partial charge in [0, 0.05) is 26.1 Å². The molecule has 0 saturated carbocycles. The lowest BCUT2D eigenvalue weighted by Crippen LogP contribution is -2.41. The zero-order valence-corrected chi connectivity index (χ0v) is 20.4. The lowest BCUT2D eigenvalue weighted by Gasteiger charge is -2.38. The summed E-state index contributed by atoms with van der Waals surface area (Å²) in [5.41, 5.74) is 2.81. The second-order valence-corrected chi connectivity index (χ2v) is 9.80. The Kier molecular flexibility index (Phi) is 7.54. The van der Waals surface area contributed by atoms with Crippen molar-refractivity contribution < 1.29 is 18.7 Å². The highest BCUT2D eigenvalue weighted by molar-refractivity contribution is 5.81. The predicted molar refractivity (Wildman–Crippen MR) is 130 cm³/mol. The van der Waals surface area contributed by atoms with E-state index in [9.17, 15) is 14.0 Å². The van der Waals surface area contributed by atoms with Gasteiger partial charge in [0.25, 0.3) is 5.91 Å². The first kappa shape index (κ1) is 24.2. The predicted octanol–water partition coefficient (Wildman–Crippen LogP) is 5.13. The van der Waals surface area contributed by atoms with E-state index in [1.165, 1.54) is 12.1 Å². The molecule has 34 heavy (non-hydrogen) atoms. The van der Waals surface area contributed by atoms with Gasteiger partial charge in [0.05, 0.1) is 6.04 Å². The highest BCUT2D eigenvalue weighted by atomic mass is 19.1. The summed E-state index contributed by atoms with van der Waals surface area (Å²) < 4.78 is 20.4. The van der Waals surface area contributed by atoms with Crippen LogP contribution in [0.1, 0.15) is 69.2 Å². The van der Waals surface area contributed by atoms with Crippen LogP contribution in [0.25, 0.3) is 0 Å². The molecule has 2 aliphatic rings. The standard InChI is InChI=1S/C28H35FN2O3/c1-4-25(28(33)30-13-5-6-14-30)34-23-11-10-20-12-15-31(26(32)16-19(2)3)27(24(20)18-23)21-8-7-9-22(29)17-21/h7-11,17-19,25,27H,4-6,12-16H2,1-3H3/t25-,27+/m0/s1. The molecule has 0 N–H and O–H groups in total. The van der Waals surface area contributed by atoms with Crippen LogP contribution in [0.2, 0.25) is 0 Å². The number of hydrogen-bond acceptors (Lipinski definition) is 3. The van der Waals surface area contributed by atoms with Gasteiger partial charge >= 0.3 is 0 Å². The third-order valence-corrected chi connectivity index (χ3v) is 6.76. The van der Waals surface area contributed by atoms with Crippen molar-refractivity contribution in [1.82, 2.24) is 9.80 Å². The maximum absolute atomic E-state index is 14.2. The fraction of sp³-hybridized carbons (Fsp3) is 0.500. The lowest BCUT2D eigenvalue weighted by molar-refractivity contribution is -0.137. The van der Waals surface area contributed by atoms with Crippen LogP contribution in [0.3, 0.4) is 0 Å². The van der Waals surface area contributed by atoms with Gasteiger partial charge in [0.2, 0.25) is 5.91 Å². The fourth-order valence-electron chi connectivity index (χ4n) is 5.05. The van der Waals surface area contributed by atoms with Crippen LogP contribution >= 0.6 is 0 Å². The maximum atomic E-state index is 14.2. The number of fused-ring (bicyclic) bond motifs is 1. The average Bonchev–Trinajstić information content (AvgIpc) is 3.36. The molecule has 6 heteroatoms. The fourth-order valence-corrected chi connectivity index (χ4v) is 5.05. The van der Waals surface area contributed by atoms with Crippen LogP contribution in [0.5, 0.6) is 5.75 Å². The molecular weight excluding hydrogens is 431 g/mol. The van der Waals surface area contributed by atoms with Crippen LogP contribution in [0.4, 0.5) is 4.39 Å². The molecule has 0 bridgehead atoms. The van der Waals surface area contributed by atoms with Crippen molar-refractivity contribution in [2.45, 2.75) is 65.0 Å². The van der Waals surface area contributed by atoms with Crippen LogP contribution < -0.4 is 4.74 Å². The Morgan fingerprint density at radius 1 is 1.09 bits per heavy atom.